The van der Waals surface area contributed by atoms with Crippen molar-refractivity contribution in [2.45, 2.75) is 26.4 Å². The molecule has 0 saturated carbocycles. The summed E-state index contributed by atoms with van der Waals surface area (Å²) in [4.78, 5) is 23.5. The van der Waals surface area contributed by atoms with E-state index in [1.807, 2.05) is 12.1 Å². The van der Waals surface area contributed by atoms with E-state index in [2.05, 4.69) is 10.6 Å². The van der Waals surface area contributed by atoms with Crippen LogP contribution in [0.15, 0.2) is 48.5 Å². The van der Waals surface area contributed by atoms with Crippen molar-refractivity contribution in [3.05, 3.63) is 48.5 Å². The van der Waals surface area contributed by atoms with Gasteiger partial charge in [0.05, 0.1) is 7.11 Å². The van der Waals surface area contributed by atoms with Gasteiger partial charge in [0.1, 0.15) is 17.9 Å². The van der Waals surface area contributed by atoms with E-state index in [-0.39, 0.29) is 6.54 Å². The van der Waals surface area contributed by atoms with Crippen molar-refractivity contribution in [2.75, 3.05) is 19.0 Å². The summed E-state index contributed by atoms with van der Waals surface area (Å²) in [5.74, 6) is 1.31. The molecule has 0 atom stereocenters. The molecule has 2 aromatic carbocycles. The van der Waals surface area contributed by atoms with Crippen LogP contribution >= 0.6 is 0 Å². The largest absolute Gasteiger partial charge is 0.493 e. The van der Waals surface area contributed by atoms with E-state index in [0.717, 1.165) is 0 Å². The fourth-order valence-corrected chi connectivity index (χ4v) is 2.14. The Labute approximate surface area is 158 Å². The third-order valence-electron chi connectivity index (χ3n) is 3.22. The minimum Gasteiger partial charge on any atom is -0.493 e. The first kappa shape index (κ1) is 20.1. The zero-order chi connectivity index (χ0) is 19.9. The van der Waals surface area contributed by atoms with Crippen LogP contribution in [0.5, 0.6) is 17.2 Å². The number of rotatable bonds is 6. The van der Waals surface area contributed by atoms with Gasteiger partial charge >= 0.3 is 12.0 Å². The monoisotopic (exact) mass is 372 g/mol. The number of urea groups is 1. The first-order valence-electron chi connectivity index (χ1n) is 8.44. The minimum atomic E-state index is -0.591. The highest BCUT2D eigenvalue weighted by Crippen LogP contribution is 2.31. The molecule has 2 rings (SSSR count). The molecule has 2 amide bonds. The van der Waals surface area contributed by atoms with Crippen LogP contribution in [0.25, 0.3) is 0 Å². The summed E-state index contributed by atoms with van der Waals surface area (Å²) in [5.41, 5.74) is -0.0314. The van der Waals surface area contributed by atoms with E-state index in [1.165, 1.54) is 0 Å². The Morgan fingerprint density at radius 1 is 0.963 bits per heavy atom. The molecule has 0 saturated heterocycles. The third-order valence-corrected chi connectivity index (χ3v) is 3.22. The molecular weight excluding hydrogens is 348 g/mol. The summed E-state index contributed by atoms with van der Waals surface area (Å²) in [7, 11) is 1.57. The fourth-order valence-electron chi connectivity index (χ4n) is 2.14. The summed E-state index contributed by atoms with van der Waals surface area (Å²) in [6.07, 6.45) is 0. The Morgan fingerprint density at radius 2 is 1.59 bits per heavy atom. The van der Waals surface area contributed by atoms with Crippen molar-refractivity contribution in [1.82, 2.24) is 5.32 Å². The van der Waals surface area contributed by atoms with Gasteiger partial charge in [-0.1, -0.05) is 12.1 Å². The number of carbonyl (C=O) groups is 2. The van der Waals surface area contributed by atoms with Crippen molar-refractivity contribution in [2.24, 2.45) is 0 Å². The highest BCUT2D eigenvalue weighted by Gasteiger charge is 2.16. The van der Waals surface area contributed by atoms with Gasteiger partial charge in [-0.3, -0.25) is 4.79 Å². The number of benzene rings is 2. The molecule has 27 heavy (non-hydrogen) atoms. The van der Waals surface area contributed by atoms with Crippen LogP contribution in [-0.2, 0) is 9.53 Å². The van der Waals surface area contributed by atoms with Gasteiger partial charge in [0.2, 0.25) is 0 Å². The van der Waals surface area contributed by atoms with Crippen molar-refractivity contribution in [1.29, 1.82) is 0 Å². The second kappa shape index (κ2) is 8.93. The van der Waals surface area contributed by atoms with Gasteiger partial charge < -0.3 is 24.8 Å². The van der Waals surface area contributed by atoms with Crippen LogP contribution in [0.2, 0.25) is 0 Å². The number of ether oxygens (including phenoxy) is 3. The first-order chi connectivity index (χ1) is 12.8. The number of carbonyl (C=O) groups excluding carboxylic acids is 2. The highest BCUT2D eigenvalue weighted by atomic mass is 16.6. The highest BCUT2D eigenvalue weighted by molar-refractivity contribution is 5.91. The molecule has 7 nitrogen and oxygen atoms in total. The second-order valence-corrected chi connectivity index (χ2v) is 6.67. The molecular formula is C20H24N2O5. The Morgan fingerprint density at radius 3 is 2.19 bits per heavy atom. The molecule has 144 valence electrons. The number of hydrogen-bond acceptors (Lipinski definition) is 5. The topological polar surface area (TPSA) is 85.9 Å². The molecule has 0 aliphatic rings. The molecule has 0 heterocycles. The average Bonchev–Trinajstić information content (AvgIpc) is 2.61. The van der Waals surface area contributed by atoms with Crippen LogP contribution in [0.3, 0.4) is 0 Å². The molecule has 0 aromatic heterocycles. The Balaban J connectivity index is 1.86. The minimum absolute atomic E-state index is 0.210. The summed E-state index contributed by atoms with van der Waals surface area (Å²) < 4.78 is 16.1. The van der Waals surface area contributed by atoms with Crippen molar-refractivity contribution < 1.29 is 23.8 Å². The summed E-state index contributed by atoms with van der Waals surface area (Å²) >= 11 is 0. The molecule has 0 fully saturated rings. The maximum atomic E-state index is 11.9. The van der Waals surface area contributed by atoms with Crippen LogP contribution in [0.1, 0.15) is 20.8 Å². The van der Waals surface area contributed by atoms with E-state index >= 15 is 0 Å². The van der Waals surface area contributed by atoms with Gasteiger partial charge in [-0.15, -0.1) is 0 Å². The lowest BCUT2D eigenvalue weighted by Crippen LogP contribution is -2.36. The molecule has 0 unspecified atom stereocenters. The van der Waals surface area contributed by atoms with Crippen LogP contribution in [0, 0.1) is 0 Å². The maximum absolute atomic E-state index is 11.9. The van der Waals surface area contributed by atoms with Crippen molar-refractivity contribution in [3.8, 4) is 17.2 Å². The zero-order valence-corrected chi connectivity index (χ0v) is 15.9. The SMILES string of the molecule is COc1ccccc1Oc1ccc(NC(=O)NCC(=O)OC(C)(C)C)cc1. The number of amides is 2. The van der Waals surface area contributed by atoms with E-state index in [9.17, 15) is 9.59 Å². The van der Waals surface area contributed by atoms with Crippen molar-refractivity contribution >= 4 is 17.7 Å². The number of methoxy groups -OCH3 is 1. The molecule has 0 radical (unpaired) electrons. The number of hydrogen-bond donors (Lipinski definition) is 2. The van der Waals surface area contributed by atoms with E-state index in [4.69, 9.17) is 14.2 Å². The lowest BCUT2D eigenvalue weighted by atomic mass is 10.2. The Bertz CT molecular complexity index is 782. The lowest BCUT2D eigenvalue weighted by molar-refractivity contribution is -0.153. The summed E-state index contributed by atoms with van der Waals surface area (Å²) in [6, 6.07) is 13.6. The van der Waals surface area contributed by atoms with Gasteiger partial charge in [-0.05, 0) is 57.2 Å². The molecule has 0 spiro atoms. The molecule has 0 bridgehead atoms. The van der Waals surface area contributed by atoms with Crippen LogP contribution in [-0.4, -0.2) is 31.3 Å². The average molecular weight is 372 g/mol. The molecule has 0 aliphatic heterocycles. The van der Waals surface area contributed by atoms with Gasteiger partial charge in [-0.2, -0.15) is 0 Å². The normalized spacial score (nSPS) is 10.7. The van der Waals surface area contributed by atoms with Gasteiger partial charge in [-0.25, -0.2) is 4.79 Å². The Hall–Kier alpha value is -3.22. The summed E-state index contributed by atoms with van der Waals surface area (Å²) in [5, 5.41) is 5.09. The van der Waals surface area contributed by atoms with Crippen LogP contribution < -0.4 is 20.1 Å². The van der Waals surface area contributed by atoms with Gasteiger partial charge in [0.25, 0.3) is 0 Å². The smallest absolute Gasteiger partial charge is 0.325 e. The standard InChI is InChI=1S/C20H24N2O5/c1-20(2,3)27-18(23)13-21-19(24)22-14-9-11-15(12-10-14)26-17-8-6-5-7-16(17)25-4/h5-12H,13H2,1-4H3,(H2,21,22,24). The molecule has 7 heteroatoms. The number of nitrogens with one attached hydrogen (secondary N) is 2. The quantitative estimate of drug-likeness (QED) is 0.750. The first-order valence-corrected chi connectivity index (χ1v) is 8.44. The maximum Gasteiger partial charge on any atom is 0.325 e. The Kier molecular flexibility index (Phi) is 6.65. The van der Waals surface area contributed by atoms with Gasteiger partial charge in [0, 0.05) is 5.69 Å². The molecule has 2 N–H and O–H groups in total. The predicted octanol–water partition coefficient (Wildman–Crippen LogP) is 3.95. The van der Waals surface area contributed by atoms with Crippen molar-refractivity contribution in [3.63, 3.8) is 0 Å². The zero-order valence-electron chi connectivity index (χ0n) is 15.9. The van der Waals surface area contributed by atoms with Crippen LogP contribution in [0.4, 0.5) is 10.5 Å². The number of para-hydroxylation sites is 2. The van der Waals surface area contributed by atoms with Gasteiger partial charge in [0.15, 0.2) is 11.5 Å². The van der Waals surface area contributed by atoms with E-state index < -0.39 is 17.6 Å². The predicted molar refractivity (Wildman–Crippen MR) is 102 cm³/mol. The third kappa shape index (κ3) is 6.89. The second-order valence-electron chi connectivity index (χ2n) is 6.67. The molecule has 0 aliphatic carbocycles. The molecule has 2 aromatic rings. The fraction of sp³-hybridized carbons (Fsp3) is 0.300. The lowest BCUT2D eigenvalue weighted by Gasteiger charge is -2.19. The number of anilines is 1. The number of esters is 1. The summed E-state index contributed by atoms with van der Waals surface area (Å²) in [6.45, 7) is 5.08. The van der Waals surface area contributed by atoms with E-state index in [1.54, 1.807) is 64.3 Å². The van der Waals surface area contributed by atoms with E-state index in [0.29, 0.717) is 22.9 Å².